The standard InChI is InChI=1S/C24H26N4O/c1-26(19-20-8-4-2-5-9-20)22-12-13-25-23(18-22)24(29)28-16-14-27(15-17-28)21-10-6-3-7-11-21/h2-13,18H,14-17,19H2,1H3. The number of hydrogen-bond acceptors (Lipinski definition) is 4. The maximum atomic E-state index is 13.0. The Kier molecular flexibility index (Phi) is 5.75. The molecule has 0 unspecified atom stereocenters. The number of pyridine rings is 1. The molecule has 1 aromatic heterocycles. The third kappa shape index (κ3) is 4.57. The number of benzene rings is 2. The Bertz CT molecular complexity index is 937. The summed E-state index contributed by atoms with van der Waals surface area (Å²) >= 11 is 0. The molecule has 2 aromatic carbocycles. The summed E-state index contributed by atoms with van der Waals surface area (Å²) in [6.45, 7) is 3.87. The Balaban J connectivity index is 1.40. The van der Waals surface area contributed by atoms with Crippen LogP contribution >= 0.6 is 0 Å². The van der Waals surface area contributed by atoms with Crippen molar-refractivity contribution in [2.75, 3.05) is 43.0 Å². The SMILES string of the molecule is CN(Cc1ccccc1)c1ccnc(C(=O)N2CCN(c3ccccc3)CC2)c1. The van der Waals surface area contributed by atoms with Crippen LogP contribution in [0.5, 0.6) is 0 Å². The van der Waals surface area contributed by atoms with Crippen LogP contribution < -0.4 is 9.80 Å². The minimum atomic E-state index is 0.00710. The Hall–Kier alpha value is -3.34. The van der Waals surface area contributed by atoms with Gasteiger partial charge in [0.15, 0.2) is 0 Å². The molecule has 0 radical (unpaired) electrons. The van der Waals surface area contributed by atoms with Crippen molar-refractivity contribution in [3.63, 3.8) is 0 Å². The Labute approximate surface area is 172 Å². The molecule has 29 heavy (non-hydrogen) atoms. The first-order valence-electron chi connectivity index (χ1n) is 10.0. The van der Waals surface area contributed by atoms with Crippen molar-refractivity contribution in [3.05, 3.63) is 90.3 Å². The molecule has 1 amide bonds. The van der Waals surface area contributed by atoms with Crippen LogP contribution in [-0.2, 0) is 6.54 Å². The first-order chi connectivity index (χ1) is 14.2. The van der Waals surface area contributed by atoms with Gasteiger partial charge in [-0.15, -0.1) is 0 Å². The second kappa shape index (κ2) is 8.78. The molecule has 1 aliphatic heterocycles. The zero-order valence-electron chi connectivity index (χ0n) is 16.7. The zero-order chi connectivity index (χ0) is 20.1. The number of carbonyl (C=O) groups excluding carboxylic acids is 1. The summed E-state index contributed by atoms with van der Waals surface area (Å²) in [4.78, 5) is 23.7. The van der Waals surface area contributed by atoms with Gasteiger partial charge in [-0.2, -0.15) is 0 Å². The lowest BCUT2D eigenvalue weighted by atomic mass is 10.2. The van der Waals surface area contributed by atoms with Crippen LogP contribution in [-0.4, -0.2) is 49.0 Å². The number of para-hydroxylation sites is 1. The second-order valence-electron chi connectivity index (χ2n) is 7.36. The molecule has 1 fully saturated rings. The summed E-state index contributed by atoms with van der Waals surface area (Å²) < 4.78 is 0. The molecule has 5 nitrogen and oxygen atoms in total. The number of anilines is 2. The van der Waals surface area contributed by atoms with Gasteiger partial charge in [0, 0.05) is 57.3 Å². The van der Waals surface area contributed by atoms with E-state index in [2.05, 4.69) is 39.0 Å². The van der Waals surface area contributed by atoms with Gasteiger partial charge in [-0.3, -0.25) is 9.78 Å². The van der Waals surface area contributed by atoms with E-state index in [4.69, 9.17) is 0 Å². The van der Waals surface area contributed by atoms with Crippen molar-refractivity contribution < 1.29 is 4.79 Å². The lowest BCUT2D eigenvalue weighted by Gasteiger charge is -2.36. The van der Waals surface area contributed by atoms with E-state index in [1.165, 1.54) is 11.3 Å². The summed E-state index contributed by atoms with van der Waals surface area (Å²) in [5.74, 6) is 0.00710. The fraction of sp³-hybridized carbons (Fsp3) is 0.250. The summed E-state index contributed by atoms with van der Waals surface area (Å²) in [6, 6.07) is 24.5. The van der Waals surface area contributed by atoms with E-state index in [9.17, 15) is 4.79 Å². The molecule has 5 heteroatoms. The summed E-state index contributed by atoms with van der Waals surface area (Å²) in [7, 11) is 2.04. The topological polar surface area (TPSA) is 39.7 Å². The fourth-order valence-electron chi connectivity index (χ4n) is 3.69. The Morgan fingerprint density at radius 3 is 2.28 bits per heavy atom. The predicted octanol–water partition coefficient (Wildman–Crippen LogP) is 3.68. The van der Waals surface area contributed by atoms with Gasteiger partial charge in [-0.25, -0.2) is 0 Å². The van der Waals surface area contributed by atoms with Gasteiger partial charge < -0.3 is 14.7 Å². The van der Waals surface area contributed by atoms with E-state index in [0.717, 1.165) is 25.3 Å². The average Bonchev–Trinajstić information content (AvgIpc) is 2.80. The third-order valence-corrected chi connectivity index (χ3v) is 5.35. The van der Waals surface area contributed by atoms with Crippen molar-refractivity contribution in [1.82, 2.24) is 9.88 Å². The summed E-state index contributed by atoms with van der Waals surface area (Å²) in [5, 5.41) is 0. The highest BCUT2D eigenvalue weighted by Gasteiger charge is 2.23. The molecule has 0 aliphatic carbocycles. The zero-order valence-corrected chi connectivity index (χ0v) is 16.7. The van der Waals surface area contributed by atoms with Crippen molar-refractivity contribution in [2.24, 2.45) is 0 Å². The number of hydrogen-bond donors (Lipinski definition) is 0. The van der Waals surface area contributed by atoms with Crippen molar-refractivity contribution in [2.45, 2.75) is 6.54 Å². The van der Waals surface area contributed by atoms with Gasteiger partial charge >= 0.3 is 0 Å². The second-order valence-corrected chi connectivity index (χ2v) is 7.36. The third-order valence-electron chi connectivity index (χ3n) is 5.35. The van der Waals surface area contributed by atoms with Gasteiger partial charge in [0.2, 0.25) is 0 Å². The van der Waals surface area contributed by atoms with E-state index < -0.39 is 0 Å². The number of nitrogens with zero attached hydrogens (tertiary/aromatic N) is 4. The molecule has 3 aromatic rings. The molecular formula is C24H26N4O. The summed E-state index contributed by atoms with van der Waals surface area (Å²) in [6.07, 6.45) is 1.73. The van der Waals surface area contributed by atoms with Crippen LogP contribution in [0.1, 0.15) is 16.1 Å². The predicted molar refractivity (Wildman–Crippen MR) is 117 cm³/mol. The number of carbonyl (C=O) groups is 1. The van der Waals surface area contributed by atoms with Crippen molar-refractivity contribution in [3.8, 4) is 0 Å². The number of rotatable bonds is 5. The molecule has 0 bridgehead atoms. The molecule has 4 rings (SSSR count). The maximum Gasteiger partial charge on any atom is 0.272 e. The molecule has 0 spiro atoms. The lowest BCUT2D eigenvalue weighted by molar-refractivity contribution is 0.0741. The Morgan fingerprint density at radius 2 is 1.59 bits per heavy atom. The number of aromatic nitrogens is 1. The number of amides is 1. The van der Waals surface area contributed by atoms with Crippen LogP contribution in [0, 0.1) is 0 Å². The van der Waals surface area contributed by atoms with E-state index >= 15 is 0 Å². The smallest absolute Gasteiger partial charge is 0.272 e. The molecule has 1 aliphatic rings. The molecular weight excluding hydrogens is 360 g/mol. The minimum absolute atomic E-state index is 0.00710. The molecule has 2 heterocycles. The van der Waals surface area contributed by atoms with Crippen molar-refractivity contribution >= 4 is 17.3 Å². The van der Waals surface area contributed by atoms with E-state index in [-0.39, 0.29) is 5.91 Å². The van der Waals surface area contributed by atoms with E-state index in [0.29, 0.717) is 18.8 Å². The Morgan fingerprint density at radius 1 is 0.931 bits per heavy atom. The van der Waals surface area contributed by atoms with Gasteiger partial charge in [0.1, 0.15) is 5.69 Å². The normalized spacial score (nSPS) is 14.0. The lowest BCUT2D eigenvalue weighted by Crippen LogP contribution is -2.49. The largest absolute Gasteiger partial charge is 0.370 e. The first-order valence-corrected chi connectivity index (χ1v) is 10.0. The quantitative estimate of drug-likeness (QED) is 0.671. The van der Waals surface area contributed by atoms with Crippen LogP contribution in [0.3, 0.4) is 0 Å². The molecule has 148 valence electrons. The molecule has 0 atom stereocenters. The monoisotopic (exact) mass is 386 g/mol. The van der Waals surface area contributed by atoms with E-state index in [1.807, 2.05) is 60.5 Å². The van der Waals surface area contributed by atoms with Gasteiger partial charge in [0.25, 0.3) is 5.91 Å². The molecule has 0 N–H and O–H groups in total. The maximum absolute atomic E-state index is 13.0. The number of piperazine rings is 1. The van der Waals surface area contributed by atoms with E-state index in [1.54, 1.807) is 6.20 Å². The minimum Gasteiger partial charge on any atom is -0.370 e. The average molecular weight is 386 g/mol. The van der Waals surface area contributed by atoms with Crippen LogP contribution in [0.2, 0.25) is 0 Å². The fourth-order valence-corrected chi connectivity index (χ4v) is 3.69. The molecule has 0 saturated carbocycles. The first kappa shape index (κ1) is 19.0. The van der Waals surface area contributed by atoms with Crippen LogP contribution in [0.15, 0.2) is 79.0 Å². The summed E-state index contributed by atoms with van der Waals surface area (Å²) in [5.41, 5.74) is 3.95. The van der Waals surface area contributed by atoms with Gasteiger partial charge in [-0.05, 0) is 29.8 Å². The van der Waals surface area contributed by atoms with Crippen LogP contribution in [0.4, 0.5) is 11.4 Å². The van der Waals surface area contributed by atoms with Crippen LogP contribution in [0.25, 0.3) is 0 Å². The van der Waals surface area contributed by atoms with Gasteiger partial charge in [-0.1, -0.05) is 48.5 Å². The highest BCUT2D eigenvalue weighted by atomic mass is 16.2. The highest BCUT2D eigenvalue weighted by Crippen LogP contribution is 2.19. The van der Waals surface area contributed by atoms with Crippen molar-refractivity contribution in [1.29, 1.82) is 0 Å². The van der Waals surface area contributed by atoms with Gasteiger partial charge in [0.05, 0.1) is 0 Å². The molecule has 1 saturated heterocycles. The highest BCUT2D eigenvalue weighted by molar-refractivity contribution is 5.93.